The van der Waals surface area contributed by atoms with Gasteiger partial charge in [-0.05, 0) is 60.7 Å². The second-order valence-corrected chi connectivity index (χ2v) is 7.97. The van der Waals surface area contributed by atoms with E-state index in [1.54, 1.807) is 6.20 Å². The fraction of sp³-hybridized carbons (Fsp3) is 0.348. The van der Waals surface area contributed by atoms with Gasteiger partial charge in [-0.2, -0.15) is 13.2 Å². The monoisotopic (exact) mass is 416 g/mol. The van der Waals surface area contributed by atoms with Gasteiger partial charge in [0.1, 0.15) is 5.75 Å². The zero-order valence-electron chi connectivity index (χ0n) is 16.6. The molecule has 0 radical (unpaired) electrons. The highest BCUT2D eigenvalue weighted by molar-refractivity contribution is 6.02. The van der Waals surface area contributed by atoms with E-state index in [0.717, 1.165) is 47.1 Å². The maximum Gasteiger partial charge on any atom is 0.416 e. The van der Waals surface area contributed by atoms with Crippen molar-refractivity contribution >= 4 is 22.5 Å². The molecule has 0 bridgehead atoms. The van der Waals surface area contributed by atoms with Crippen LogP contribution in [-0.2, 0) is 17.4 Å². The molecule has 1 aromatic heterocycles. The first kappa shape index (κ1) is 20.3. The lowest BCUT2D eigenvalue weighted by molar-refractivity contribution is -0.137. The fourth-order valence-corrected chi connectivity index (χ4v) is 3.80. The summed E-state index contributed by atoms with van der Waals surface area (Å²) in [5, 5.41) is 3.95. The van der Waals surface area contributed by atoms with Crippen LogP contribution in [0, 0.1) is 11.8 Å². The van der Waals surface area contributed by atoms with Crippen LogP contribution in [0.5, 0.6) is 5.75 Å². The van der Waals surface area contributed by atoms with Gasteiger partial charge in [0.2, 0.25) is 5.91 Å². The van der Waals surface area contributed by atoms with Gasteiger partial charge >= 0.3 is 6.18 Å². The summed E-state index contributed by atoms with van der Waals surface area (Å²) in [6.07, 6.45) is -0.0984. The Labute approximate surface area is 172 Å². The van der Waals surface area contributed by atoms with Crippen LogP contribution < -0.4 is 10.1 Å². The maximum atomic E-state index is 12.6. The first-order valence-corrected chi connectivity index (χ1v) is 10.0. The largest absolute Gasteiger partial charge is 0.493 e. The van der Waals surface area contributed by atoms with Crippen LogP contribution in [0.3, 0.4) is 0 Å². The standard InChI is InChI=1S/C23H23F3N2O2/c1-14-10-16(11-14)22(29)28-21-13-27-20-7-2-15(12-19(20)21)8-9-30-18-5-3-17(4-6-18)23(24,25)26/h2-7,12-14,16,27H,8-11H2,1H3,(H,28,29)/t14-,16+. The van der Waals surface area contributed by atoms with Crippen molar-refractivity contribution < 1.29 is 22.7 Å². The second-order valence-electron chi connectivity index (χ2n) is 7.97. The van der Waals surface area contributed by atoms with E-state index >= 15 is 0 Å². The number of carbonyl (C=O) groups excluding carboxylic acids is 1. The number of benzene rings is 2. The molecule has 1 aliphatic rings. The fourth-order valence-electron chi connectivity index (χ4n) is 3.80. The highest BCUT2D eigenvalue weighted by atomic mass is 19.4. The van der Waals surface area contributed by atoms with Crippen molar-refractivity contribution in [3.05, 3.63) is 59.8 Å². The predicted octanol–water partition coefficient (Wildman–Crippen LogP) is 5.79. The zero-order valence-corrected chi connectivity index (χ0v) is 16.6. The Hall–Kier alpha value is -2.96. The number of rotatable bonds is 6. The minimum Gasteiger partial charge on any atom is -0.493 e. The highest BCUT2D eigenvalue weighted by Gasteiger charge is 2.32. The Morgan fingerprint density at radius 2 is 1.90 bits per heavy atom. The molecular weight excluding hydrogens is 393 g/mol. The molecule has 4 rings (SSSR count). The van der Waals surface area contributed by atoms with E-state index in [-0.39, 0.29) is 11.8 Å². The van der Waals surface area contributed by atoms with Crippen molar-refractivity contribution in [3.63, 3.8) is 0 Å². The molecule has 1 aliphatic carbocycles. The molecule has 0 saturated heterocycles. The van der Waals surface area contributed by atoms with Gasteiger partial charge in [0, 0.05) is 29.4 Å². The van der Waals surface area contributed by atoms with Gasteiger partial charge in [0.25, 0.3) is 0 Å². The van der Waals surface area contributed by atoms with E-state index in [1.807, 2.05) is 18.2 Å². The van der Waals surface area contributed by atoms with Crippen LogP contribution in [0.4, 0.5) is 18.9 Å². The molecule has 2 aromatic carbocycles. The number of carbonyl (C=O) groups is 1. The van der Waals surface area contributed by atoms with Crippen LogP contribution >= 0.6 is 0 Å². The number of fused-ring (bicyclic) bond motifs is 1. The SMILES string of the molecule is C[C@H]1C[C@@H](C(=O)Nc2c[nH]c3ccc(CCOc4ccc(C(F)(F)F)cc4)cc23)C1. The van der Waals surface area contributed by atoms with Crippen molar-refractivity contribution in [2.45, 2.75) is 32.4 Å². The normalized spacial score (nSPS) is 18.8. The summed E-state index contributed by atoms with van der Waals surface area (Å²) >= 11 is 0. The van der Waals surface area contributed by atoms with E-state index in [1.165, 1.54) is 12.1 Å². The molecule has 1 amide bonds. The number of halogens is 3. The smallest absolute Gasteiger partial charge is 0.416 e. The lowest BCUT2D eigenvalue weighted by atomic mass is 9.75. The quantitative estimate of drug-likeness (QED) is 0.534. The Bertz CT molecular complexity index is 1030. The summed E-state index contributed by atoms with van der Waals surface area (Å²) in [5.74, 6) is 1.16. The number of hydrogen-bond donors (Lipinski definition) is 2. The maximum absolute atomic E-state index is 12.6. The average molecular weight is 416 g/mol. The number of amides is 1. The van der Waals surface area contributed by atoms with E-state index in [2.05, 4.69) is 17.2 Å². The molecule has 7 heteroatoms. The summed E-state index contributed by atoms with van der Waals surface area (Å²) < 4.78 is 43.4. The summed E-state index contributed by atoms with van der Waals surface area (Å²) in [4.78, 5) is 15.5. The van der Waals surface area contributed by atoms with Gasteiger partial charge in [-0.15, -0.1) is 0 Å². The van der Waals surface area contributed by atoms with Crippen molar-refractivity contribution in [2.24, 2.45) is 11.8 Å². The molecule has 30 heavy (non-hydrogen) atoms. The van der Waals surface area contributed by atoms with Crippen molar-refractivity contribution in [1.29, 1.82) is 0 Å². The molecule has 0 unspecified atom stereocenters. The molecule has 4 nitrogen and oxygen atoms in total. The topological polar surface area (TPSA) is 54.1 Å². The number of aromatic amines is 1. The number of anilines is 1. The Morgan fingerprint density at radius 3 is 2.57 bits per heavy atom. The van der Waals surface area contributed by atoms with E-state index in [0.29, 0.717) is 24.7 Å². The number of H-pyrrole nitrogens is 1. The van der Waals surface area contributed by atoms with Crippen molar-refractivity contribution in [1.82, 2.24) is 4.98 Å². The molecule has 3 aromatic rings. The average Bonchev–Trinajstić information content (AvgIpc) is 3.07. The Morgan fingerprint density at radius 1 is 1.17 bits per heavy atom. The second kappa shape index (κ2) is 8.05. The number of hydrogen-bond acceptors (Lipinski definition) is 2. The number of ether oxygens (including phenoxy) is 1. The van der Waals surface area contributed by atoms with Crippen LogP contribution in [0.1, 0.15) is 30.9 Å². The van der Waals surface area contributed by atoms with Crippen LogP contribution in [0.25, 0.3) is 10.9 Å². The lowest BCUT2D eigenvalue weighted by Gasteiger charge is -2.31. The summed E-state index contributed by atoms with van der Waals surface area (Å²) in [6, 6.07) is 10.6. The zero-order chi connectivity index (χ0) is 21.3. The van der Waals surface area contributed by atoms with E-state index in [4.69, 9.17) is 4.74 Å². The van der Waals surface area contributed by atoms with Gasteiger partial charge in [-0.1, -0.05) is 13.0 Å². The number of aromatic nitrogens is 1. The first-order valence-electron chi connectivity index (χ1n) is 10.0. The minimum absolute atomic E-state index is 0.0602. The molecule has 2 N–H and O–H groups in total. The molecule has 0 atom stereocenters. The van der Waals surface area contributed by atoms with Gasteiger partial charge in [-0.25, -0.2) is 0 Å². The van der Waals surface area contributed by atoms with Crippen LogP contribution in [0.2, 0.25) is 0 Å². The van der Waals surface area contributed by atoms with Crippen molar-refractivity contribution in [3.8, 4) is 5.75 Å². The molecular formula is C23H23F3N2O2. The molecule has 1 saturated carbocycles. The third-order valence-electron chi connectivity index (χ3n) is 5.59. The van der Waals surface area contributed by atoms with Crippen LogP contribution in [0.15, 0.2) is 48.7 Å². The minimum atomic E-state index is -4.35. The third-order valence-corrected chi connectivity index (χ3v) is 5.59. The molecule has 1 fully saturated rings. The summed E-state index contributed by atoms with van der Waals surface area (Å²) in [5.41, 5.74) is 2.01. The molecule has 0 aliphatic heterocycles. The summed E-state index contributed by atoms with van der Waals surface area (Å²) in [6.45, 7) is 2.48. The van der Waals surface area contributed by atoms with E-state index < -0.39 is 11.7 Å². The van der Waals surface area contributed by atoms with Gasteiger partial charge in [0.05, 0.1) is 17.9 Å². The van der Waals surface area contributed by atoms with Crippen molar-refractivity contribution in [2.75, 3.05) is 11.9 Å². The number of nitrogens with one attached hydrogen (secondary N) is 2. The molecule has 158 valence electrons. The van der Waals surface area contributed by atoms with Crippen LogP contribution in [-0.4, -0.2) is 17.5 Å². The lowest BCUT2D eigenvalue weighted by Crippen LogP contribution is -2.33. The number of alkyl halides is 3. The third kappa shape index (κ3) is 4.45. The Balaban J connectivity index is 1.37. The van der Waals surface area contributed by atoms with Gasteiger partial charge in [-0.3, -0.25) is 4.79 Å². The first-order chi connectivity index (χ1) is 14.3. The Kier molecular flexibility index (Phi) is 5.45. The van der Waals surface area contributed by atoms with Gasteiger partial charge in [0.15, 0.2) is 0 Å². The molecule has 0 spiro atoms. The summed E-state index contributed by atoms with van der Waals surface area (Å²) in [7, 11) is 0. The highest BCUT2D eigenvalue weighted by Crippen LogP contribution is 2.35. The predicted molar refractivity (Wildman–Crippen MR) is 109 cm³/mol. The van der Waals surface area contributed by atoms with E-state index in [9.17, 15) is 18.0 Å². The van der Waals surface area contributed by atoms with Gasteiger partial charge < -0.3 is 15.0 Å². The molecule has 1 heterocycles.